The van der Waals surface area contributed by atoms with Crippen LogP contribution < -0.4 is 0 Å². The van der Waals surface area contributed by atoms with Crippen LogP contribution in [0.5, 0.6) is 0 Å². The molecular formula is C14H7ClF4O. The molecule has 0 amide bonds. The van der Waals surface area contributed by atoms with Crippen molar-refractivity contribution in [2.75, 3.05) is 0 Å². The molecule has 6 heteroatoms. The molecule has 2 aromatic carbocycles. The first-order valence-corrected chi connectivity index (χ1v) is 5.84. The number of carbonyl (C=O) groups is 1. The first kappa shape index (κ1) is 14.5. The Bertz CT molecular complexity index is 709. The molecule has 2 aromatic rings. The Morgan fingerprint density at radius 3 is 2.25 bits per heavy atom. The molecule has 20 heavy (non-hydrogen) atoms. The number of hydrogen-bond acceptors (Lipinski definition) is 1. The van der Waals surface area contributed by atoms with Crippen LogP contribution in [0.1, 0.15) is 21.5 Å². The van der Waals surface area contributed by atoms with Gasteiger partial charge in [0.2, 0.25) is 0 Å². The van der Waals surface area contributed by atoms with Crippen molar-refractivity contribution in [3.63, 3.8) is 0 Å². The van der Waals surface area contributed by atoms with Gasteiger partial charge in [0.25, 0.3) is 0 Å². The third-order valence-electron chi connectivity index (χ3n) is 2.77. The average Bonchev–Trinajstić information content (AvgIpc) is 2.40. The fourth-order valence-electron chi connectivity index (χ4n) is 1.68. The highest BCUT2D eigenvalue weighted by atomic mass is 35.5. The molecule has 0 aliphatic rings. The van der Waals surface area contributed by atoms with Gasteiger partial charge in [-0.1, -0.05) is 11.6 Å². The number of hydrogen-bond donors (Lipinski definition) is 0. The lowest BCUT2D eigenvalue weighted by Crippen LogP contribution is -2.08. The summed E-state index contributed by atoms with van der Waals surface area (Å²) >= 11 is 5.72. The standard InChI is InChI=1S/C14H7ClF4O/c1-6-4-8(9(15)5-11(6)17)14(20)7-2-3-10(16)13(19)12(7)18/h2-5H,1H3. The van der Waals surface area contributed by atoms with Gasteiger partial charge >= 0.3 is 0 Å². The maximum atomic E-state index is 13.6. The highest BCUT2D eigenvalue weighted by Gasteiger charge is 2.22. The van der Waals surface area contributed by atoms with Crippen molar-refractivity contribution in [2.24, 2.45) is 0 Å². The Morgan fingerprint density at radius 2 is 1.60 bits per heavy atom. The Balaban J connectivity index is 2.58. The van der Waals surface area contributed by atoms with Gasteiger partial charge in [-0.3, -0.25) is 4.79 Å². The SMILES string of the molecule is Cc1cc(C(=O)c2ccc(F)c(F)c2F)c(Cl)cc1F. The zero-order valence-corrected chi connectivity index (χ0v) is 10.9. The molecule has 0 aliphatic heterocycles. The molecule has 0 bridgehead atoms. The maximum Gasteiger partial charge on any atom is 0.197 e. The van der Waals surface area contributed by atoms with Crippen LogP contribution in [0.3, 0.4) is 0 Å². The predicted octanol–water partition coefficient (Wildman–Crippen LogP) is 4.44. The van der Waals surface area contributed by atoms with E-state index in [0.717, 1.165) is 18.2 Å². The summed E-state index contributed by atoms with van der Waals surface area (Å²) < 4.78 is 52.7. The van der Waals surface area contributed by atoms with Crippen molar-refractivity contribution in [1.82, 2.24) is 0 Å². The van der Waals surface area contributed by atoms with Crippen LogP contribution in [0.25, 0.3) is 0 Å². The molecule has 0 saturated heterocycles. The molecule has 0 radical (unpaired) electrons. The molecule has 2 rings (SSSR count). The summed E-state index contributed by atoms with van der Waals surface area (Å²) in [6.45, 7) is 1.39. The molecule has 0 aliphatic carbocycles. The second-order valence-electron chi connectivity index (χ2n) is 4.13. The summed E-state index contributed by atoms with van der Waals surface area (Å²) in [5.41, 5.74) is -0.729. The number of ketones is 1. The fraction of sp³-hybridized carbons (Fsp3) is 0.0714. The van der Waals surface area contributed by atoms with Crippen molar-refractivity contribution in [1.29, 1.82) is 0 Å². The van der Waals surface area contributed by atoms with E-state index in [0.29, 0.717) is 6.07 Å². The van der Waals surface area contributed by atoms with E-state index in [9.17, 15) is 22.4 Å². The smallest absolute Gasteiger partial charge is 0.197 e. The van der Waals surface area contributed by atoms with Gasteiger partial charge in [-0.2, -0.15) is 0 Å². The van der Waals surface area contributed by atoms with Crippen molar-refractivity contribution in [3.05, 3.63) is 69.2 Å². The van der Waals surface area contributed by atoms with Crippen LogP contribution >= 0.6 is 11.6 Å². The van der Waals surface area contributed by atoms with E-state index in [-0.39, 0.29) is 16.1 Å². The molecule has 0 unspecified atom stereocenters. The normalized spacial score (nSPS) is 10.7. The monoisotopic (exact) mass is 302 g/mol. The minimum Gasteiger partial charge on any atom is -0.288 e. The molecular weight excluding hydrogens is 296 g/mol. The average molecular weight is 303 g/mol. The number of carbonyl (C=O) groups excluding carboxylic acids is 1. The first-order chi connectivity index (χ1) is 9.32. The van der Waals surface area contributed by atoms with Crippen molar-refractivity contribution in [3.8, 4) is 0 Å². The highest BCUT2D eigenvalue weighted by molar-refractivity contribution is 6.35. The largest absolute Gasteiger partial charge is 0.288 e. The first-order valence-electron chi connectivity index (χ1n) is 5.46. The Hall–Kier alpha value is -1.88. The van der Waals surface area contributed by atoms with E-state index in [1.165, 1.54) is 6.92 Å². The van der Waals surface area contributed by atoms with E-state index >= 15 is 0 Å². The zero-order chi connectivity index (χ0) is 15.0. The van der Waals surface area contributed by atoms with Gasteiger partial charge in [0.15, 0.2) is 23.2 Å². The summed E-state index contributed by atoms with van der Waals surface area (Å²) in [5.74, 6) is -6.33. The van der Waals surface area contributed by atoms with Crippen molar-refractivity contribution >= 4 is 17.4 Å². The third kappa shape index (κ3) is 2.41. The summed E-state index contributed by atoms with van der Waals surface area (Å²) in [4.78, 5) is 12.1. The molecule has 0 heterocycles. The minimum absolute atomic E-state index is 0.126. The van der Waals surface area contributed by atoms with Crippen LogP contribution in [-0.2, 0) is 0 Å². The minimum atomic E-state index is -1.74. The third-order valence-corrected chi connectivity index (χ3v) is 3.09. The Kier molecular flexibility index (Phi) is 3.81. The summed E-state index contributed by atoms with van der Waals surface area (Å²) in [7, 11) is 0. The van der Waals surface area contributed by atoms with Gasteiger partial charge in [-0.25, -0.2) is 17.6 Å². The van der Waals surface area contributed by atoms with Crippen LogP contribution in [0.2, 0.25) is 5.02 Å². The Labute approximate surface area is 116 Å². The molecule has 0 aromatic heterocycles. The summed E-state index contributed by atoms with van der Waals surface area (Å²) in [6, 6.07) is 3.48. The van der Waals surface area contributed by atoms with Crippen LogP contribution in [0.4, 0.5) is 17.6 Å². The van der Waals surface area contributed by atoms with Crippen molar-refractivity contribution in [2.45, 2.75) is 6.92 Å². The van der Waals surface area contributed by atoms with Crippen molar-refractivity contribution < 1.29 is 22.4 Å². The number of rotatable bonds is 2. The van der Waals surface area contributed by atoms with E-state index < -0.39 is 34.6 Å². The van der Waals surface area contributed by atoms with E-state index in [1.807, 2.05) is 0 Å². The molecule has 0 saturated carbocycles. The second-order valence-corrected chi connectivity index (χ2v) is 4.54. The Morgan fingerprint density at radius 1 is 0.950 bits per heavy atom. The van der Waals surface area contributed by atoms with Crippen LogP contribution in [0, 0.1) is 30.2 Å². The predicted molar refractivity (Wildman–Crippen MR) is 65.9 cm³/mol. The second kappa shape index (κ2) is 5.25. The van der Waals surface area contributed by atoms with E-state index in [1.54, 1.807) is 0 Å². The van der Waals surface area contributed by atoms with E-state index in [4.69, 9.17) is 11.6 Å². The van der Waals surface area contributed by atoms with Gasteiger partial charge in [0.05, 0.1) is 10.6 Å². The number of aryl methyl sites for hydroxylation is 1. The van der Waals surface area contributed by atoms with Crippen LogP contribution in [-0.4, -0.2) is 5.78 Å². The zero-order valence-electron chi connectivity index (χ0n) is 10.1. The lowest BCUT2D eigenvalue weighted by molar-refractivity contribution is 0.103. The van der Waals surface area contributed by atoms with Gasteiger partial charge in [-0.05, 0) is 36.8 Å². The fourth-order valence-corrected chi connectivity index (χ4v) is 1.91. The van der Waals surface area contributed by atoms with Gasteiger partial charge in [-0.15, -0.1) is 0 Å². The number of halogens is 5. The lowest BCUT2D eigenvalue weighted by atomic mass is 10.0. The van der Waals surface area contributed by atoms with Gasteiger partial charge in [0.1, 0.15) is 5.82 Å². The molecule has 104 valence electrons. The lowest BCUT2D eigenvalue weighted by Gasteiger charge is -2.07. The number of benzene rings is 2. The molecule has 0 atom stereocenters. The van der Waals surface area contributed by atoms with Gasteiger partial charge in [0, 0.05) is 5.56 Å². The van der Waals surface area contributed by atoms with Gasteiger partial charge < -0.3 is 0 Å². The van der Waals surface area contributed by atoms with E-state index in [2.05, 4.69) is 0 Å². The molecule has 0 fully saturated rings. The molecule has 0 N–H and O–H groups in total. The topological polar surface area (TPSA) is 17.1 Å². The highest BCUT2D eigenvalue weighted by Crippen LogP contribution is 2.25. The summed E-state index contributed by atoms with van der Waals surface area (Å²) in [5, 5.41) is -0.234. The maximum absolute atomic E-state index is 13.6. The molecule has 0 spiro atoms. The summed E-state index contributed by atoms with van der Waals surface area (Å²) in [6.07, 6.45) is 0. The van der Waals surface area contributed by atoms with Crippen LogP contribution in [0.15, 0.2) is 24.3 Å². The quantitative estimate of drug-likeness (QED) is 0.455. The molecule has 1 nitrogen and oxygen atoms in total.